The molecule has 0 radical (unpaired) electrons. The second-order valence-electron chi connectivity index (χ2n) is 5.05. The number of rotatable bonds is 6. The maximum Gasteiger partial charge on any atom is 0.359 e. The number of nitrogen functional groups attached to an aromatic ring is 1. The SMILES string of the molecule is CCc1nn(C)c(C(=O)OC(C)C(=O)NC(C)CC)c1N. The number of anilines is 1. The summed E-state index contributed by atoms with van der Waals surface area (Å²) in [4.78, 5) is 24.0. The van der Waals surface area contributed by atoms with E-state index in [1.54, 1.807) is 7.05 Å². The Hall–Kier alpha value is -2.05. The zero-order valence-corrected chi connectivity index (χ0v) is 13.3. The Balaban J connectivity index is 2.77. The molecule has 1 amide bonds. The van der Waals surface area contributed by atoms with E-state index in [4.69, 9.17) is 10.5 Å². The molecular weight excluding hydrogens is 272 g/mol. The highest BCUT2D eigenvalue weighted by Crippen LogP contribution is 2.18. The minimum Gasteiger partial charge on any atom is -0.448 e. The molecule has 0 aliphatic heterocycles. The maximum atomic E-state index is 12.1. The number of nitrogens with two attached hydrogens (primary N) is 1. The van der Waals surface area contributed by atoms with Crippen LogP contribution in [-0.4, -0.2) is 33.8 Å². The van der Waals surface area contributed by atoms with Gasteiger partial charge in [-0.05, 0) is 26.7 Å². The summed E-state index contributed by atoms with van der Waals surface area (Å²) < 4.78 is 6.56. The fourth-order valence-electron chi connectivity index (χ4n) is 1.83. The summed E-state index contributed by atoms with van der Waals surface area (Å²) >= 11 is 0. The fraction of sp³-hybridized carbons (Fsp3) is 0.643. The van der Waals surface area contributed by atoms with Crippen molar-refractivity contribution in [1.29, 1.82) is 0 Å². The first-order chi connectivity index (χ1) is 9.81. The Morgan fingerprint density at radius 3 is 2.48 bits per heavy atom. The molecule has 0 spiro atoms. The van der Waals surface area contributed by atoms with Gasteiger partial charge in [0.15, 0.2) is 11.8 Å². The van der Waals surface area contributed by atoms with Gasteiger partial charge >= 0.3 is 5.97 Å². The summed E-state index contributed by atoms with van der Waals surface area (Å²) in [6.07, 6.45) is 0.545. The van der Waals surface area contributed by atoms with Gasteiger partial charge < -0.3 is 15.8 Å². The van der Waals surface area contributed by atoms with E-state index in [1.807, 2.05) is 20.8 Å². The Bertz CT molecular complexity index is 525. The van der Waals surface area contributed by atoms with Crippen LogP contribution in [0.25, 0.3) is 0 Å². The van der Waals surface area contributed by atoms with Crippen molar-refractivity contribution in [3.63, 3.8) is 0 Å². The van der Waals surface area contributed by atoms with Crippen molar-refractivity contribution in [2.24, 2.45) is 7.05 Å². The van der Waals surface area contributed by atoms with Gasteiger partial charge in [-0.1, -0.05) is 13.8 Å². The lowest BCUT2D eigenvalue weighted by Crippen LogP contribution is -2.40. The van der Waals surface area contributed by atoms with Crippen LogP contribution in [0.4, 0.5) is 5.69 Å². The highest BCUT2D eigenvalue weighted by atomic mass is 16.5. The molecule has 0 aliphatic rings. The third-order valence-electron chi connectivity index (χ3n) is 3.34. The van der Waals surface area contributed by atoms with Gasteiger partial charge in [0, 0.05) is 13.1 Å². The molecule has 0 fully saturated rings. The van der Waals surface area contributed by atoms with Gasteiger partial charge in [-0.25, -0.2) is 4.79 Å². The first kappa shape index (κ1) is 17.0. The van der Waals surface area contributed by atoms with Crippen LogP contribution in [-0.2, 0) is 23.0 Å². The molecular formula is C14H24N4O3. The summed E-state index contributed by atoms with van der Waals surface area (Å²) in [5, 5.41) is 6.92. The summed E-state index contributed by atoms with van der Waals surface area (Å²) in [6.45, 7) is 7.28. The third kappa shape index (κ3) is 3.96. The second kappa shape index (κ2) is 7.10. The Labute approximate surface area is 124 Å². The molecule has 1 aromatic rings. The number of amides is 1. The van der Waals surface area contributed by atoms with Crippen molar-refractivity contribution < 1.29 is 14.3 Å². The number of aromatic nitrogens is 2. The number of hydrogen-bond donors (Lipinski definition) is 2. The minimum absolute atomic E-state index is 0.0344. The lowest BCUT2D eigenvalue weighted by molar-refractivity contribution is -0.129. The normalized spacial score (nSPS) is 13.6. The average molecular weight is 296 g/mol. The number of ether oxygens (including phenoxy) is 1. The molecule has 0 bridgehead atoms. The van der Waals surface area contributed by atoms with Gasteiger partial charge in [-0.3, -0.25) is 9.48 Å². The molecule has 1 aromatic heterocycles. The van der Waals surface area contributed by atoms with E-state index in [2.05, 4.69) is 10.4 Å². The highest BCUT2D eigenvalue weighted by molar-refractivity contribution is 5.95. The predicted octanol–water partition coefficient (Wildman–Crippen LogP) is 1.02. The van der Waals surface area contributed by atoms with Crippen LogP contribution >= 0.6 is 0 Å². The Morgan fingerprint density at radius 1 is 1.38 bits per heavy atom. The number of nitrogens with one attached hydrogen (secondary N) is 1. The summed E-state index contributed by atoms with van der Waals surface area (Å²) in [5.41, 5.74) is 7.01. The van der Waals surface area contributed by atoms with E-state index in [0.717, 1.165) is 6.42 Å². The quantitative estimate of drug-likeness (QED) is 0.764. The molecule has 2 unspecified atom stereocenters. The van der Waals surface area contributed by atoms with Crippen LogP contribution in [0.1, 0.15) is 50.3 Å². The van der Waals surface area contributed by atoms with Crippen LogP contribution in [0.5, 0.6) is 0 Å². The van der Waals surface area contributed by atoms with E-state index < -0.39 is 12.1 Å². The summed E-state index contributed by atoms with van der Waals surface area (Å²) in [6, 6.07) is 0.0344. The number of nitrogens with zero attached hydrogens (tertiary/aromatic N) is 2. The van der Waals surface area contributed by atoms with Crippen LogP contribution in [0.15, 0.2) is 0 Å². The smallest absolute Gasteiger partial charge is 0.359 e. The van der Waals surface area contributed by atoms with Gasteiger partial charge in [-0.2, -0.15) is 5.10 Å². The zero-order valence-electron chi connectivity index (χ0n) is 13.3. The van der Waals surface area contributed by atoms with E-state index in [1.165, 1.54) is 11.6 Å². The lowest BCUT2D eigenvalue weighted by Gasteiger charge is -2.16. The molecule has 0 saturated heterocycles. The van der Waals surface area contributed by atoms with Gasteiger partial charge in [0.25, 0.3) is 5.91 Å². The van der Waals surface area contributed by atoms with E-state index in [9.17, 15) is 9.59 Å². The zero-order chi connectivity index (χ0) is 16.2. The number of esters is 1. The molecule has 1 rings (SSSR count). The lowest BCUT2D eigenvalue weighted by atomic mass is 10.2. The van der Waals surface area contributed by atoms with E-state index >= 15 is 0 Å². The topological polar surface area (TPSA) is 99.2 Å². The molecule has 118 valence electrons. The first-order valence-electron chi connectivity index (χ1n) is 7.14. The van der Waals surface area contributed by atoms with Gasteiger partial charge in [-0.15, -0.1) is 0 Å². The number of hydrogen-bond acceptors (Lipinski definition) is 5. The minimum atomic E-state index is -0.883. The van der Waals surface area contributed by atoms with Gasteiger partial charge in [0.2, 0.25) is 0 Å². The van der Waals surface area contributed by atoms with Crippen LogP contribution in [0.3, 0.4) is 0 Å². The van der Waals surface area contributed by atoms with Crippen LogP contribution in [0, 0.1) is 0 Å². The van der Waals surface area contributed by atoms with Crippen molar-refractivity contribution in [2.45, 2.75) is 52.7 Å². The van der Waals surface area contributed by atoms with Crippen molar-refractivity contribution in [1.82, 2.24) is 15.1 Å². The van der Waals surface area contributed by atoms with Crippen molar-refractivity contribution >= 4 is 17.6 Å². The third-order valence-corrected chi connectivity index (χ3v) is 3.34. The maximum absolute atomic E-state index is 12.1. The predicted molar refractivity (Wildman–Crippen MR) is 79.8 cm³/mol. The first-order valence-corrected chi connectivity index (χ1v) is 7.14. The van der Waals surface area contributed by atoms with Crippen molar-refractivity contribution in [3.8, 4) is 0 Å². The van der Waals surface area contributed by atoms with Gasteiger partial charge in [0.1, 0.15) is 0 Å². The molecule has 0 aromatic carbocycles. The van der Waals surface area contributed by atoms with Crippen molar-refractivity contribution in [3.05, 3.63) is 11.4 Å². The molecule has 7 heteroatoms. The number of carbonyl (C=O) groups is 2. The molecule has 1 heterocycles. The molecule has 2 atom stereocenters. The number of aryl methyl sites for hydroxylation is 2. The molecule has 0 saturated carbocycles. The molecule has 3 N–H and O–H groups in total. The summed E-state index contributed by atoms with van der Waals surface area (Å²) in [7, 11) is 1.62. The van der Waals surface area contributed by atoms with E-state index in [0.29, 0.717) is 17.8 Å². The highest BCUT2D eigenvalue weighted by Gasteiger charge is 2.25. The van der Waals surface area contributed by atoms with E-state index in [-0.39, 0.29) is 17.6 Å². The molecule has 0 aliphatic carbocycles. The standard InChI is InChI=1S/C14H24N4O3/c1-6-8(3)16-13(19)9(4)21-14(20)12-11(15)10(7-2)17-18(12)5/h8-9H,6-7,15H2,1-5H3,(H,16,19). The fourth-order valence-corrected chi connectivity index (χ4v) is 1.83. The largest absolute Gasteiger partial charge is 0.448 e. The molecule has 7 nitrogen and oxygen atoms in total. The second-order valence-corrected chi connectivity index (χ2v) is 5.05. The van der Waals surface area contributed by atoms with Gasteiger partial charge in [0.05, 0.1) is 11.4 Å². The van der Waals surface area contributed by atoms with Crippen LogP contribution < -0.4 is 11.1 Å². The monoisotopic (exact) mass is 296 g/mol. The average Bonchev–Trinajstić information content (AvgIpc) is 2.72. The number of carbonyl (C=O) groups excluding carboxylic acids is 2. The Kier molecular flexibility index (Phi) is 5.75. The van der Waals surface area contributed by atoms with Crippen molar-refractivity contribution in [2.75, 3.05) is 5.73 Å². The van der Waals surface area contributed by atoms with Crippen LogP contribution in [0.2, 0.25) is 0 Å². The molecule has 21 heavy (non-hydrogen) atoms. The summed E-state index contributed by atoms with van der Waals surface area (Å²) in [5.74, 6) is -0.969. The Morgan fingerprint density at radius 2 is 2.00 bits per heavy atom.